The van der Waals surface area contributed by atoms with E-state index in [1.54, 1.807) is 19.9 Å². The van der Waals surface area contributed by atoms with Crippen LogP contribution in [-0.2, 0) is 10.1 Å². The molecule has 1 heterocycles. The zero-order chi connectivity index (χ0) is 14.7. The number of alkyl halides is 3. The fourth-order valence-corrected chi connectivity index (χ4v) is 1.01. The Labute approximate surface area is 101 Å². The van der Waals surface area contributed by atoms with Gasteiger partial charge in [-0.3, -0.25) is 9.54 Å². The minimum absolute atomic E-state index is 0.189. The molecule has 1 aromatic heterocycles. The third-order valence-corrected chi connectivity index (χ3v) is 2.31. The van der Waals surface area contributed by atoms with Crippen molar-refractivity contribution in [2.24, 2.45) is 0 Å². The molecule has 0 aliphatic rings. The summed E-state index contributed by atoms with van der Waals surface area (Å²) in [4.78, 5) is 3.96. The van der Waals surface area contributed by atoms with Crippen LogP contribution >= 0.6 is 0 Å². The van der Waals surface area contributed by atoms with Gasteiger partial charge in [-0.1, -0.05) is 0 Å². The molecule has 0 atom stereocenters. The highest BCUT2D eigenvalue weighted by Gasteiger charge is 2.44. The Morgan fingerprint density at radius 3 is 1.89 bits per heavy atom. The molecule has 0 aliphatic carbocycles. The lowest BCUT2D eigenvalue weighted by atomic mass is 10.2. The number of nitrogens with zero attached hydrogens (tertiary/aromatic N) is 1. The summed E-state index contributed by atoms with van der Waals surface area (Å²) in [6, 6.07) is 1.74. The maximum absolute atomic E-state index is 12.8. The van der Waals surface area contributed by atoms with E-state index in [1.807, 2.05) is 6.92 Å². The number of hydrogen-bond acceptors (Lipinski definition) is 3. The predicted octanol–water partition coefficient (Wildman–Crippen LogP) is 2.54. The van der Waals surface area contributed by atoms with Gasteiger partial charge >= 0.3 is 15.6 Å². The number of halogens is 4. The van der Waals surface area contributed by atoms with Crippen LogP contribution < -0.4 is 0 Å². The van der Waals surface area contributed by atoms with E-state index in [4.69, 9.17) is 13.0 Å². The van der Waals surface area contributed by atoms with Crippen LogP contribution in [0.3, 0.4) is 0 Å². The van der Waals surface area contributed by atoms with Crippen molar-refractivity contribution in [3.05, 3.63) is 28.8 Å². The van der Waals surface area contributed by atoms with E-state index in [-0.39, 0.29) is 5.82 Å². The quantitative estimate of drug-likeness (QED) is 0.453. The average molecular weight is 289 g/mol. The lowest BCUT2D eigenvalue weighted by molar-refractivity contribution is -0.0510. The standard InChI is InChI=1S/C8H10FN.CHF3O3S/c1-5-4-6(2)10-7(3)8(5)9;2-1(3,4)8(5,6)7/h4H,1-3H3;(H,5,6,7). The summed E-state index contributed by atoms with van der Waals surface area (Å²) in [6.07, 6.45) is 0. The molecule has 0 aromatic carbocycles. The Kier molecular flexibility index (Phi) is 5.23. The number of hydrogen-bond donors (Lipinski definition) is 1. The zero-order valence-electron chi connectivity index (χ0n) is 9.71. The molecule has 0 aliphatic heterocycles. The molecular formula is C9H11F4NO3S. The molecule has 0 amide bonds. The van der Waals surface area contributed by atoms with Crippen LogP contribution in [0.25, 0.3) is 0 Å². The van der Waals surface area contributed by atoms with Crippen molar-refractivity contribution < 1.29 is 30.5 Å². The van der Waals surface area contributed by atoms with Crippen molar-refractivity contribution in [1.29, 1.82) is 0 Å². The van der Waals surface area contributed by atoms with Gasteiger partial charge < -0.3 is 0 Å². The van der Waals surface area contributed by atoms with Crippen molar-refractivity contribution >= 4 is 10.1 Å². The monoisotopic (exact) mass is 289 g/mol. The van der Waals surface area contributed by atoms with Crippen LogP contribution in [0.4, 0.5) is 17.6 Å². The largest absolute Gasteiger partial charge is 0.522 e. The Bertz CT molecular complexity index is 502. The van der Waals surface area contributed by atoms with E-state index in [1.165, 1.54) is 0 Å². The maximum Gasteiger partial charge on any atom is 0.522 e. The first kappa shape index (κ1) is 16.8. The number of aromatic nitrogens is 1. The number of aryl methyl sites for hydroxylation is 3. The minimum atomic E-state index is -5.84. The molecule has 9 heteroatoms. The highest BCUT2D eigenvalue weighted by Crippen LogP contribution is 2.20. The van der Waals surface area contributed by atoms with Gasteiger partial charge in [-0.25, -0.2) is 4.39 Å². The fraction of sp³-hybridized carbons (Fsp3) is 0.444. The lowest BCUT2D eigenvalue weighted by Gasteiger charge is -2.00. The second kappa shape index (κ2) is 5.61. The molecule has 0 bridgehead atoms. The van der Waals surface area contributed by atoms with Crippen LogP contribution in [-0.4, -0.2) is 23.5 Å². The molecule has 0 saturated carbocycles. The summed E-state index contributed by atoms with van der Waals surface area (Å²) >= 11 is 0. The fourth-order valence-electron chi connectivity index (χ4n) is 1.01. The van der Waals surface area contributed by atoms with E-state index in [0.29, 0.717) is 11.3 Å². The van der Waals surface area contributed by atoms with E-state index < -0.39 is 15.6 Å². The second-order valence-electron chi connectivity index (χ2n) is 3.40. The highest BCUT2D eigenvalue weighted by molar-refractivity contribution is 7.86. The summed E-state index contributed by atoms with van der Waals surface area (Å²) in [5.41, 5.74) is -3.51. The molecule has 0 radical (unpaired) electrons. The molecule has 1 aromatic rings. The topological polar surface area (TPSA) is 67.3 Å². The van der Waals surface area contributed by atoms with Crippen molar-refractivity contribution in [1.82, 2.24) is 4.98 Å². The third kappa shape index (κ3) is 4.96. The molecule has 1 rings (SSSR count). The molecule has 4 nitrogen and oxygen atoms in total. The van der Waals surface area contributed by atoms with Gasteiger partial charge in [0.2, 0.25) is 0 Å². The number of rotatable bonds is 0. The van der Waals surface area contributed by atoms with Crippen LogP contribution in [0.15, 0.2) is 6.07 Å². The van der Waals surface area contributed by atoms with Gasteiger partial charge in [0.25, 0.3) is 0 Å². The Morgan fingerprint density at radius 2 is 1.61 bits per heavy atom. The summed E-state index contributed by atoms with van der Waals surface area (Å²) in [6.45, 7) is 5.28. The lowest BCUT2D eigenvalue weighted by Crippen LogP contribution is -2.21. The molecule has 0 unspecified atom stereocenters. The molecule has 1 N–H and O–H groups in total. The van der Waals surface area contributed by atoms with Crippen LogP contribution in [0.2, 0.25) is 0 Å². The van der Waals surface area contributed by atoms with Crippen molar-refractivity contribution in [3.63, 3.8) is 0 Å². The van der Waals surface area contributed by atoms with Gasteiger partial charge in [0.1, 0.15) is 5.82 Å². The first-order valence-electron chi connectivity index (χ1n) is 4.50. The first-order valence-corrected chi connectivity index (χ1v) is 5.94. The van der Waals surface area contributed by atoms with Crippen LogP contribution in [0.5, 0.6) is 0 Å². The van der Waals surface area contributed by atoms with E-state index in [0.717, 1.165) is 5.69 Å². The predicted molar refractivity (Wildman–Crippen MR) is 56.0 cm³/mol. The third-order valence-electron chi connectivity index (χ3n) is 1.73. The van der Waals surface area contributed by atoms with E-state index >= 15 is 0 Å². The summed E-state index contributed by atoms with van der Waals surface area (Å²) in [5.74, 6) is -0.189. The second-order valence-corrected chi connectivity index (χ2v) is 4.81. The van der Waals surface area contributed by atoms with Crippen LogP contribution in [0.1, 0.15) is 17.0 Å². The molecule has 0 saturated heterocycles. The zero-order valence-corrected chi connectivity index (χ0v) is 10.5. The Hall–Kier alpha value is -1.22. The highest BCUT2D eigenvalue weighted by atomic mass is 32.2. The van der Waals surface area contributed by atoms with Crippen molar-refractivity contribution in [3.8, 4) is 0 Å². The minimum Gasteiger partial charge on any atom is -0.279 e. The Balaban J connectivity index is 0.000000331. The van der Waals surface area contributed by atoms with Gasteiger partial charge in [-0.2, -0.15) is 21.6 Å². The van der Waals surface area contributed by atoms with E-state index in [9.17, 15) is 17.6 Å². The van der Waals surface area contributed by atoms with Gasteiger partial charge in [0.05, 0.1) is 5.69 Å². The van der Waals surface area contributed by atoms with Gasteiger partial charge in [0.15, 0.2) is 0 Å². The summed E-state index contributed by atoms with van der Waals surface area (Å²) < 4.78 is 70.4. The number of pyridine rings is 1. The maximum atomic E-state index is 12.8. The van der Waals surface area contributed by atoms with Crippen molar-refractivity contribution in [2.75, 3.05) is 0 Å². The van der Waals surface area contributed by atoms with Gasteiger partial charge in [-0.15, -0.1) is 0 Å². The Morgan fingerprint density at radius 1 is 1.22 bits per heavy atom. The SMILES string of the molecule is Cc1cc(C)c(F)c(C)n1.O=S(=O)(O)C(F)(F)F. The molecule has 104 valence electrons. The average Bonchev–Trinajstić information content (AvgIpc) is 2.11. The molecule has 0 fully saturated rings. The summed E-state index contributed by atoms with van der Waals surface area (Å²) in [7, 11) is -5.84. The molecule has 0 spiro atoms. The first-order chi connectivity index (χ1) is 7.86. The summed E-state index contributed by atoms with van der Waals surface area (Å²) in [5, 5.41) is 0. The normalized spacial score (nSPS) is 11.8. The van der Waals surface area contributed by atoms with Crippen molar-refractivity contribution in [2.45, 2.75) is 26.3 Å². The molecular weight excluding hydrogens is 278 g/mol. The van der Waals surface area contributed by atoms with E-state index in [2.05, 4.69) is 4.98 Å². The molecule has 18 heavy (non-hydrogen) atoms. The van der Waals surface area contributed by atoms with Crippen LogP contribution in [0, 0.1) is 26.6 Å². The smallest absolute Gasteiger partial charge is 0.279 e. The van der Waals surface area contributed by atoms with Gasteiger partial charge in [0, 0.05) is 5.69 Å². The van der Waals surface area contributed by atoms with Gasteiger partial charge in [-0.05, 0) is 32.4 Å².